The summed E-state index contributed by atoms with van der Waals surface area (Å²) in [5, 5.41) is 10.7. The molecule has 1 N–H and O–H groups in total. The molecule has 1 aromatic carbocycles. The highest BCUT2D eigenvalue weighted by Gasteiger charge is 2.20. The number of nitro benzene ring substituents is 1. The van der Waals surface area contributed by atoms with E-state index in [9.17, 15) is 18.5 Å². The minimum Gasteiger partial charge on any atom is -0.287 e. The molecule has 0 saturated carbocycles. The number of aryl methyl sites for hydroxylation is 1. The Morgan fingerprint density at radius 1 is 1.42 bits per heavy atom. The zero-order valence-corrected chi connectivity index (χ0v) is 11.7. The van der Waals surface area contributed by atoms with Gasteiger partial charge in [0.05, 0.1) is 16.4 Å². The molecule has 0 aromatic heterocycles. The van der Waals surface area contributed by atoms with Gasteiger partial charge in [-0.2, -0.15) is 0 Å². The molecule has 0 fully saturated rings. The van der Waals surface area contributed by atoms with Crippen molar-refractivity contribution < 1.29 is 18.2 Å². The summed E-state index contributed by atoms with van der Waals surface area (Å²) in [4.78, 5) is 16.7. The van der Waals surface area contributed by atoms with Crippen LogP contribution in [0.4, 0.5) is 5.69 Å². The van der Waals surface area contributed by atoms with Crippen LogP contribution < -0.4 is 4.89 Å². The summed E-state index contributed by atoms with van der Waals surface area (Å²) in [5.74, 6) is 0.161. The van der Waals surface area contributed by atoms with Gasteiger partial charge in [0, 0.05) is 12.1 Å². The summed E-state index contributed by atoms with van der Waals surface area (Å²) in [7, 11) is -3.92. The number of hydrogen-bond acceptors (Lipinski definition) is 5. The van der Waals surface area contributed by atoms with Crippen LogP contribution in [0.25, 0.3) is 0 Å². The van der Waals surface area contributed by atoms with Crippen molar-refractivity contribution >= 4 is 15.7 Å². The van der Waals surface area contributed by atoms with Gasteiger partial charge in [0.15, 0.2) is 0 Å². The van der Waals surface area contributed by atoms with E-state index in [1.807, 2.05) is 18.7 Å². The third-order valence-corrected chi connectivity index (χ3v) is 3.61. The van der Waals surface area contributed by atoms with Crippen molar-refractivity contribution in [1.82, 2.24) is 4.89 Å². The van der Waals surface area contributed by atoms with E-state index >= 15 is 0 Å². The van der Waals surface area contributed by atoms with E-state index in [-0.39, 0.29) is 23.1 Å². The Labute approximate surface area is 111 Å². The van der Waals surface area contributed by atoms with Gasteiger partial charge in [-0.3, -0.25) is 15.0 Å². The van der Waals surface area contributed by atoms with Crippen LogP contribution in [0.2, 0.25) is 0 Å². The minimum atomic E-state index is -3.92. The number of benzene rings is 1. The first-order valence-electron chi connectivity index (χ1n) is 5.62. The third-order valence-electron chi connectivity index (χ3n) is 2.26. The molecule has 0 aliphatic carbocycles. The van der Waals surface area contributed by atoms with E-state index < -0.39 is 14.9 Å². The first kappa shape index (κ1) is 15.5. The van der Waals surface area contributed by atoms with Crippen molar-refractivity contribution in [2.45, 2.75) is 25.7 Å². The van der Waals surface area contributed by atoms with Crippen LogP contribution in [0.5, 0.6) is 0 Å². The van der Waals surface area contributed by atoms with E-state index in [2.05, 4.69) is 0 Å². The first-order valence-corrected chi connectivity index (χ1v) is 7.11. The number of nitrogens with one attached hydrogen (secondary N) is 1. The zero-order valence-electron chi connectivity index (χ0n) is 10.9. The molecular weight excluding hydrogens is 272 g/mol. The van der Waals surface area contributed by atoms with Crippen LogP contribution in [0.15, 0.2) is 23.1 Å². The molecule has 0 saturated heterocycles. The molecule has 7 nitrogen and oxygen atoms in total. The number of sulfonamides is 1. The van der Waals surface area contributed by atoms with Gasteiger partial charge >= 0.3 is 0 Å². The highest BCUT2D eigenvalue weighted by atomic mass is 32.2. The van der Waals surface area contributed by atoms with E-state index in [0.29, 0.717) is 5.56 Å². The molecule has 19 heavy (non-hydrogen) atoms. The lowest BCUT2D eigenvalue weighted by Crippen LogP contribution is -2.26. The normalized spacial score (nSPS) is 11.8. The maximum Gasteiger partial charge on any atom is 0.270 e. The molecular formula is C11H16N2O5S. The van der Waals surface area contributed by atoms with Gasteiger partial charge in [0.25, 0.3) is 15.7 Å². The molecule has 8 heteroatoms. The lowest BCUT2D eigenvalue weighted by Gasteiger charge is -2.10. The first-order chi connectivity index (χ1) is 8.74. The van der Waals surface area contributed by atoms with Crippen molar-refractivity contribution in [2.24, 2.45) is 5.92 Å². The second-order valence-corrected chi connectivity index (χ2v) is 6.11. The Morgan fingerprint density at radius 3 is 2.58 bits per heavy atom. The number of hydrogen-bond donors (Lipinski definition) is 1. The second-order valence-electron chi connectivity index (χ2n) is 4.50. The smallest absolute Gasteiger partial charge is 0.270 e. The Hall–Kier alpha value is -1.51. The monoisotopic (exact) mass is 288 g/mol. The van der Waals surface area contributed by atoms with Crippen LogP contribution >= 0.6 is 0 Å². The number of nitrogens with zero attached hydrogens (tertiary/aromatic N) is 1. The summed E-state index contributed by atoms with van der Waals surface area (Å²) in [6.07, 6.45) is 0. The summed E-state index contributed by atoms with van der Waals surface area (Å²) in [6.45, 7) is 5.51. The standard InChI is InChI=1S/C11H16N2O5S/c1-8(2)7-18-12-19(16,17)11-6-10(13(14)15)5-4-9(11)3/h4-6,8,12H,7H2,1-3H3. The second kappa shape index (κ2) is 6.09. The van der Waals surface area contributed by atoms with Gasteiger partial charge in [-0.05, 0) is 18.4 Å². The number of nitro groups is 1. The molecule has 1 aromatic rings. The van der Waals surface area contributed by atoms with Gasteiger partial charge in [-0.25, -0.2) is 8.42 Å². The van der Waals surface area contributed by atoms with Gasteiger partial charge < -0.3 is 0 Å². The fourth-order valence-electron chi connectivity index (χ4n) is 1.32. The lowest BCUT2D eigenvalue weighted by molar-refractivity contribution is -0.385. The highest BCUT2D eigenvalue weighted by Crippen LogP contribution is 2.21. The van der Waals surface area contributed by atoms with Crippen molar-refractivity contribution in [3.8, 4) is 0 Å². The fraction of sp³-hybridized carbons (Fsp3) is 0.455. The Morgan fingerprint density at radius 2 is 2.05 bits per heavy atom. The van der Waals surface area contributed by atoms with E-state index in [0.717, 1.165) is 6.07 Å². The average Bonchev–Trinajstić information content (AvgIpc) is 2.28. The van der Waals surface area contributed by atoms with E-state index in [1.165, 1.54) is 12.1 Å². The Kier molecular flexibility index (Phi) is 4.98. The van der Waals surface area contributed by atoms with Crippen LogP contribution in [0.3, 0.4) is 0 Å². The van der Waals surface area contributed by atoms with Crippen molar-refractivity contribution in [2.75, 3.05) is 6.61 Å². The van der Waals surface area contributed by atoms with Crippen molar-refractivity contribution in [1.29, 1.82) is 0 Å². The van der Waals surface area contributed by atoms with Crippen molar-refractivity contribution in [3.63, 3.8) is 0 Å². The predicted molar refractivity (Wildman–Crippen MR) is 68.9 cm³/mol. The maximum absolute atomic E-state index is 12.0. The summed E-state index contributed by atoms with van der Waals surface area (Å²) >= 11 is 0. The van der Waals surface area contributed by atoms with Gasteiger partial charge in [-0.1, -0.05) is 24.8 Å². The quantitative estimate of drug-likeness (QED) is 0.635. The van der Waals surface area contributed by atoms with Gasteiger partial charge in [0.1, 0.15) is 0 Å². The summed E-state index contributed by atoms with van der Waals surface area (Å²) in [6, 6.07) is 3.65. The third kappa shape index (κ3) is 4.27. The van der Waals surface area contributed by atoms with E-state index in [1.54, 1.807) is 6.92 Å². The Balaban J connectivity index is 3.00. The molecule has 0 atom stereocenters. The van der Waals surface area contributed by atoms with Crippen LogP contribution in [0.1, 0.15) is 19.4 Å². The maximum atomic E-state index is 12.0. The average molecular weight is 288 g/mol. The lowest BCUT2D eigenvalue weighted by atomic mass is 10.2. The minimum absolute atomic E-state index is 0.161. The SMILES string of the molecule is Cc1ccc([N+](=O)[O-])cc1S(=O)(=O)NOCC(C)C. The van der Waals surface area contributed by atoms with Crippen LogP contribution in [-0.4, -0.2) is 19.9 Å². The Bertz CT molecular complexity index is 568. The molecule has 0 aliphatic rings. The molecule has 0 bridgehead atoms. The van der Waals surface area contributed by atoms with Crippen molar-refractivity contribution in [3.05, 3.63) is 33.9 Å². The van der Waals surface area contributed by atoms with E-state index in [4.69, 9.17) is 4.84 Å². The molecule has 106 valence electrons. The van der Waals surface area contributed by atoms with Gasteiger partial charge in [-0.15, -0.1) is 0 Å². The highest BCUT2D eigenvalue weighted by molar-refractivity contribution is 7.89. The number of rotatable bonds is 6. The zero-order chi connectivity index (χ0) is 14.6. The molecule has 0 unspecified atom stereocenters. The molecule has 0 heterocycles. The summed E-state index contributed by atoms with van der Waals surface area (Å²) < 4.78 is 23.9. The molecule has 0 aliphatic heterocycles. The van der Waals surface area contributed by atoms with Crippen LogP contribution in [-0.2, 0) is 14.9 Å². The molecule has 0 amide bonds. The van der Waals surface area contributed by atoms with Gasteiger partial charge in [0.2, 0.25) is 0 Å². The summed E-state index contributed by atoms with van der Waals surface area (Å²) in [5.41, 5.74) is 0.126. The topological polar surface area (TPSA) is 98.5 Å². The fourth-order valence-corrected chi connectivity index (χ4v) is 2.40. The molecule has 0 radical (unpaired) electrons. The number of non-ortho nitro benzene ring substituents is 1. The molecule has 1 rings (SSSR count). The largest absolute Gasteiger partial charge is 0.287 e. The van der Waals surface area contributed by atoms with Crippen LogP contribution in [0, 0.1) is 23.0 Å². The molecule has 0 spiro atoms. The predicted octanol–water partition coefficient (Wildman–Crippen LogP) is 1.77.